The molecule has 470 valence electrons. The van der Waals surface area contributed by atoms with Crippen molar-refractivity contribution in [2.24, 2.45) is 0 Å². The molecule has 98 heavy (non-hydrogen) atoms. The summed E-state index contributed by atoms with van der Waals surface area (Å²) in [5.74, 6) is 0. The minimum Gasteiger partial charge on any atom is -0.311 e. The zero-order chi connectivity index (χ0) is 66.3. The Bertz CT molecular complexity index is 5210. The number of anilines is 6. The highest BCUT2D eigenvalue weighted by atomic mass is 28.3. The quantitative estimate of drug-likeness (QED) is 0.0892. The van der Waals surface area contributed by atoms with E-state index in [1.165, 1.54) is 102 Å². The van der Waals surface area contributed by atoms with Crippen LogP contribution >= 0.6 is 0 Å². The Morgan fingerprint density at radius 1 is 0.255 bits per heavy atom. The Kier molecular flexibility index (Phi) is 14.8. The highest BCUT2D eigenvalue weighted by molar-refractivity contribution is 7.20. The van der Waals surface area contributed by atoms with Crippen LogP contribution in [0.2, 0.25) is 0 Å². The minimum absolute atomic E-state index is 0.0554. The molecule has 0 spiro atoms. The number of hydrogen-bond acceptors (Lipinski definition) is 2. The van der Waals surface area contributed by atoms with Crippen molar-refractivity contribution in [3.63, 3.8) is 0 Å². The van der Waals surface area contributed by atoms with Crippen molar-refractivity contribution in [1.29, 1.82) is 0 Å². The fourth-order valence-corrected chi connectivity index (χ4v) is 26.1. The van der Waals surface area contributed by atoms with Gasteiger partial charge in [0.25, 0.3) is 6.71 Å². The Morgan fingerprint density at radius 2 is 0.622 bits per heavy atom. The standard InChI is InChI=1S/C92H76BN3Si2/c1-91(2,3)67-53-56-84-80(60-67)81-61-68(92(4,5)6)54-57-85(81)96(84)71-63-88-90-89(64-71)95(70-35-31-49-79(62-70)98(75-42-22-11-23-43-75,76-44-24-12-25-45-76)77-46-26-13-27-47-77)87-59-66(52-55-83(87)93(90)82-50-28-29-51-86(82)94(88)69-33-14-7-15-34-69)65-32-30-48-78(58-65)97(72-36-16-8-17-37-72,73-38-18-9-19-39-73)74-40-20-10-21-41-74/h7-64H,1-6H3. The Morgan fingerprint density at radius 3 is 1.08 bits per heavy atom. The Hall–Kier alpha value is -11.0. The zero-order valence-corrected chi connectivity index (χ0v) is 58.4. The third-order valence-corrected chi connectivity index (χ3v) is 30.7. The molecule has 0 N–H and O–H groups in total. The van der Waals surface area contributed by atoms with Crippen LogP contribution in [0.1, 0.15) is 52.7 Å². The van der Waals surface area contributed by atoms with Gasteiger partial charge >= 0.3 is 0 Å². The molecule has 0 unspecified atom stereocenters. The smallest absolute Gasteiger partial charge is 0.252 e. The van der Waals surface area contributed by atoms with Crippen molar-refractivity contribution in [3.05, 3.63) is 363 Å². The first-order valence-electron chi connectivity index (χ1n) is 34.6. The van der Waals surface area contributed by atoms with E-state index < -0.39 is 16.1 Å². The lowest BCUT2D eigenvalue weighted by molar-refractivity contribution is 0.590. The van der Waals surface area contributed by atoms with Gasteiger partial charge in [-0.2, -0.15) is 0 Å². The molecule has 0 saturated carbocycles. The van der Waals surface area contributed by atoms with E-state index in [1.54, 1.807) is 0 Å². The number of para-hydroxylation sites is 2. The highest BCUT2D eigenvalue weighted by Crippen LogP contribution is 2.48. The molecule has 0 saturated heterocycles. The molecule has 3 heterocycles. The van der Waals surface area contributed by atoms with Gasteiger partial charge in [0.05, 0.1) is 16.7 Å². The van der Waals surface area contributed by atoms with Crippen LogP contribution < -0.4 is 67.7 Å². The fraction of sp³-hybridized carbons (Fsp3) is 0.0870. The first-order chi connectivity index (χ1) is 47.9. The summed E-state index contributed by atoms with van der Waals surface area (Å²) in [6.45, 7) is 13.9. The molecule has 15 aromatic rings. The van der Waals surface area contributed by atoms with Crippen LogP contribution in [0.5, 0.6) is 0 Å². The molecule has 3 nitrogen and oxygen atoms in total. The molecule has 0 atom stereocenters. The van der Waals surface area contributed by atoms with Crippen molar-refractivity contribution >= 4 is 137 Å². The van der Waals surface area contributed by atoms with Crippen molar-refractivity contribution in [1.82, 2.24) is 4.57 Å². The second-order valence-electron chi connectivity index (χ2n) is 28.8. The fourth-order valence-electron chi connectivity index (χ4n) is 16.5. The topological polar surface area (TPSA) is 11.4 Å². The molecule has 1 aromatic heterocycles. The number of nitrogens with zero attached hydrogens (tertiary/aromatic N) is 3. The average Bonchev–Trinajstić information content (AvgIpc) is 0.858. The van der Waals surface area contributed by atoms with E-state index in [0.29, 0.717) is 0 Å². The van der Waals surface area contributed by atoms with Crippen LogP contribution in [0, 0.1) is 0 Å². The average molecular weight is 1290 g/mol. The summed E-state index contributed by atoms with van der Waals surface area (Å²) >= 11 is 0. The number of aromatic nitrogens is 1. The number of hydrogen-bond donors (Lipinski definition) is 0. The molecular formula is C92H76BN3Si2. The number of rotatable bonds is 12. The van der Waals surface area contributed by atoms with E-state index in [0.717, 1.165) is 39.7 Å². The lowest BCUT2D eigenvalue weighted by atomic mass is 9.33. The van der Waals surface area contributed by atoms with Gasteiger partial charge in [0.2, 0.25) is 0 Å². The van der Waals surface area contributed by atoms with Crippen LogP contribution in [0.25, 0.3) is 38.6 Å². The van der Waals surface area contributed by atoms with Gasteiger partial charge in [-0.1, -0.05) is 321 Å². The highest BCUT2D eigenvalue weighted by Gasteiger charge is 2.47. The van der Waals surface area contributed by atoms with Gasteiger partial charge in [0.1, 0.15) is 0 Å². The van der Waals surface area contributed by atoms with Crippen molar-refractivity contribution in [2.75, 3.05) is 9.80 Å². The molecule has 0 amide bonds. The summed E-state index contributed by atoms with van der Waals surface area (Å²) < 4.78 is 2.57. The van der Waals surface area contributed by atoms with Gasteiger partial charge in [0, 0.05) is 44.9 Å². The largest absolute Gasteiger partial charge is 0.311 e. The van der Waals surface area contributed by atoms with Crippen LogP contribution in [0.15, 0.2) is 352 Å². The number of fused-ring (bicyclic) bond motifs is 7. The van der Waals surface area contributed by atoms with E-state index in [9.17, 15) is 0 Å². The Labute approximate surface area is 579 Å². The lowest BCUT2D eigenvalue weighted by Crippen LogP contribution is -2.74. The maximum Gasteiger partial charge on any atom is 0.252 e. The van der Waals surface area contributed by atoms with E-state index in [-0.39, 0.29) is 17.5 Å². The minimum atomic E-state index is -3.06. The second kappa shape index (κ2) is 24.0. The van der Waals surface area contributed by atoms with Crippen molar-refractivity contribution in [2.45, 2.75) is 52.4 Å². The maximum absolute atomic E-state index is 3.06. The second-order valence-corrected chi connectivity index (χ2v) is 36.4. The van der Waals surface area contributed by atoms with Gasteiger partial charge < -0.3 is 14.4 Å². The predicted octanol–water partition coefficient (Wildman–Crippen LogP) is 15.9. The third-order valence-electron chi connectivity index (χ3n) is 21.1. The summed E-state index contributed by atoms with van der Waals surface area (Å²) in [7, 11) is -5.98. The monoisotopic (exact) mass is 1290 g/mol. The summed E-state index contributed by atoms with van der Waals surface area (Å²) in [5.41, 5.74) is 19.0. The maximum atomic E-state index is 2.67. The first-order valence-corrected chi connectivity index (χ1v) is 38.6. The van der Waals surface area contributed by atoms with E-state index >= 15 is 0 Å². The SMILES string of the molecule is CC(C)(C)c1ccc2c(c1)c1cc(C(C)(C)C)ccc1n2-c1cc2c3c(c1)N(c1cccc([Si](c4ccccc4)(c4ccccc4)c4ccccc4)c1)c1cc(-c4cccc([Si](c5ccccc5)(c5ccccc5)c5ccccc5)c4)ccc1B3c1ccccc1N2c1ccccc1. The molecule has 0 aliphatic carbocycles. The Balaban J connectivity index is 0.984. The molecule has 6 heteroatoms. The molecule has 0 radical (unpaired) electrons. The van der Waals surface area contributed by atoms with Crippen LogP contribution in [0.3, 0.4) is 0 Å². The number of benzene rings is 14. The van der Waals surface area contributed by atoms with Crippen molar-refractivity contribution in [3.8, 4) is 16.8 Å². The van der Waals surface area contributed by atoms with Gasteiger partial charge in [-0.3, -0.25) is 0 Å². The molecule has 2 aliphatic heterocycles. The zero-order valence-electron chi connectivity index (χ0n) is 56.4. The lowest BCUT2D eigenvalue weighted by Gasteiger charge is -2.45. The first kappa shape index (κ1) is 60.6. The van der Waals surface area contributed by atoms with Crippen LogP contribution in [0.4, 0.5) is 34.1 Å². The normalized spacial score (nSPS) is 12.9. The molecule has 0 fully saturated rings. The molecular weight excluding hydrogens is 1210 g/mol. The summed E-state index contributed by atoms with van der Waals surface area (Å²) in [6.07, 6.45) is 0. The summed E-state index contributed by atoms with van der Waals surface area (Å²) in [6, 6.07) is 135. The van der Waals surface area contributed by atoms with Gasteiger partial charge in [-0.25, -0.2) is 0 Å². The third kappa shape index (κ3) is 9.82. The summed E-state index contributed by atoms with van der Waals surface area (Å²) in [5, 5.41) is 13.2. The predicted molar refractivity (Wildman–Crippen MR) is 425 cm³/mol. The van der Waals surface area contributed by atoms with E-state index in [1.807, 2.05) is 0 Å². The van der Waals surface area contributed by atoms with E-state index in [4.69, 9.17) is 0 Å². The molecule has 2 aliphatic rings. The van der Waals surface area contributed by atoms with E-state index in [2.05, 4.69) is 408 Å². The molecule has 17 rings (SSSR count). The van der Waals surface area contributed by atoms with Crippen LogP contribution in [-0.2, 0) is 10.8 Å². The van der Waals surface area contributed by atoms with Gasteiger partial charge in [-0.05, 0) is 164 Å². The summed E-state index contributed by atoms with van der Waals surface area (Å²) in [4.78, 5) is 5.22. The molecule has 14 aromatic carbocycles. The van der Waals surface area contributed by atoms with Crippen molar-refractivity contribution < 1.29 is 0 Å². The van der Waals surface area contributed by atoms with Gasteiger partial charge in [-0.15, -0.1) is 0 Å². The molecule has 0 bridgehead atoms. The van der Waals surface area contributed by atoms with Crippen LogP contribution in [-0.4, -0.2) is 27.4 Å². The van der Waals surface area contributed by atoms with Gasteiger partial charge in [0.15, 0.2) is 16.1 Å².